The van der Waals surface area contributed by atoms with Gasteiger partial charge in [0.1, 0.15) is 0 Å². The zero-order chi connectivity index (χ0) is 17.1. The van der Waals surface area contributed by atoms with Gasteiger partial charge in [-0.05, 0) is 42.3 Å². The SMILES string of the molecule is CCCCC(O)c1cn(Cc2ccc(Cl)cc2)c2ccc(Br)cc12. The van der Waals surface area contributed by atoms with Gasteiger partial charge in [-0.15, -0.1) is 0 Å². The first-order chi connectivity index (χ1) is 11.6. The summed E-state index contributed by atoms with van der Waals surface area (Å²) in [5.74, 6) is 0. The van der Waals surface area contributed by atoms with Crippen LogP contribution in [0.5, 0.6) is 0 Å². The minimum Gasteiger partial charge on any atom is -0.388 e. The third kappa shape index (κ3) is 3.85. The van der Waals surface area contributed by atoms with Crippen molar-refractivity contribution in [3.8, 4) is 0 Å². The second kappa shape index (κ2) is 7.73. The first-order valence-electron chi connectivity index (χ1n) is 8.29. The van der Waals surface area contributed by atoms with Gasteiger partial charge in [0, 0.05) is 38.7 Å². The maximum atomic E-state index is 10.6. The van der Waals surface area contributed by atoms with E-state index in [9.17, 15) is 5.11 Å². The van der Waals surface area contributed by atoms with Crippen molar-refractivity contribution in [2.45, 2.75) is 38.8 Å². The van der Waals surface area contributed by atoms with Crippen LogP contribution in [0, 0.1) is 0 Å². The topological polar surface area (TPSA) is 25.2 Å². The van der Waals surface area contributed by atoms with E-state index >= 15 is 0 Å². The van der Waals surface area contributed by atoms with Crippen molar-refractivity contribution in [1.29, 1.82) is 0 Å². The number of benzene rings is 2. The van der Waals surface area contributed by atoms with Gasteiger partial charge in [0.25, 0.3) is 0 Å². The molecule has 0 aliphatic rings. The molecule has 0 bridgehead atoms. The van der Waals surface area contributed by atoms with Crippen molar-refractivity contribution < 1.29 is 5.11 Å². The van der Waals surface area contributed by atoms with E-state index in [0.29, 0.717) is 0 Å². The second-order valence-electron chi connectivity index (χ2n) is 6.16. The average molecular weight is 407 g/mol. The molecule has 0 aliphatic heterocycles. The minimum absolute atomic E-state index is 0.423. The highest BCUT2D eigenvalue weighted by molar-refractivity contribution is 9.10. The number of halogens is 2. The summed E-state index contributed by atoms with van der Waals surface area (Å²) < 4.78 is 3.23. The molecular weight excluding hydrogens is 386 g/mol. The van der Waals surface area contributed by atoms with Crippen LogP contribution >= 0.6 is 27.5 Å². The van der Waals surface area contributed by atoms with Crippen molar-refractivity contribution >= 4 is 38.4 Å². The van der Waals surface area contributed by atoms with Crippen molar-refractivity contribution in [2.24, 2.45) is 0 Å². The van der Waals surface area contributed by atoms with E-state index < -0.39 is 6.10 Å². The van der Waals surface area contributed by atoms with Gasteiger partial charge in [-0.2, -0.15) is 0 Å². The lowest BCUT2D eigenvalue weighted by Gasteiger charge is -2.08. The maximum Gasteiger partial charge on any atom is 0.0810 e. The molecule has 0 aliphatic carbocycles. The molecule has 0 saturated heterocycles. The fraction of sp³-hybridized carbons (Fsp3) is 0.300. The molecule has 0 radical (unpaired) electrons. The van der Waals surface area contributed by atoms with Crippen LogP contribution in [-0.2, 0) is 6.54 Å². The lowest BCUT2D eigenvalue weighted by molar-refractivity contribution is 0.165. The summed E-state index contributed by atoms with van der Waals surface area (Å²) >= 11 is 9.52. The Balaban J connectivity index is 1.99. The summed E-state index contributed by atoms with van der Waals surface area (Å²) in [5, 5.41) is 12.5. The van der Waals surface area contributed by atoms with Crippen LogP contribution in [0.1, 0.15) is 43.4 Å². The van der Waals surface area contributed by atoms with E-state index in [-0.39, 0.29) is 0 Å². The van der Waals surface area contributed by atoms with E-state index in [4.69, 9.17) is 11.6 Å². The molecule has 126 valence electrons. The molecule has 24 heavy (non-hydrogen) atoms. The fourth-order valence-electron chi connectivity index (χ4n) is 3.03. The van der Waals surface area contributed by atoms with Crippen LogP contribution in [0.15, 0.2) is 53.1 Å². The van der Waals surface area contributed by atoms with Crippen molar-refractivity contribution in [3.05, 3.63) is 69.3 Å². The number of aliphatic hydroxyl groups is 1. The average Bonchev–Trinajstić information content (AvgIpc) is 2.92. The van der Waals surface area contributed by atoms with Gasteiger partial charge in [0.05, 0.1) is 6.10 Å². The molecule has 1 aromatic heterocycles. The number of aliphatic hydroxyl groups excluding tert-OH is 1. The molecule has 3 rings (SSSR count). The normalized spacial score (nSPS) is 12.7. The van der Waals surface area contributed by atoms with Crippen LogP contribution in [0.2, 0.25) is 5.02 Å². The first-order valence-corrected chi connectivity index (χ1v) is 9.46. The molecule has 0 spiro atoms. The molecule has 1 N–H and O–H groups in total. The predicted octanol–water partition coefficient (Wildman–Crippen LogP) is 6.33. The molecule has 0 amide bonds. The van der Waals surface area contributed by atoms with Crippen molar-refractivity contribution in [1.82, 2.24) is 4.57 Å². The summed E-state index contributed by atoms with van der Waals surface area (Å²) in [6, 6.07) is 14.2. The van der Waals surface area contributed by atoms with Gasteiger partial charge in [-0.25, -0.2) is 0 Å². The van der Waals surface area contributed by atoms with Gasteiger partial charge < -0.3 is 9.67 Å². The molecule has 2 aromatic carbocycles. The number of hydrogen-bond donors (Lipinski definition) is 1. The Morgan fingerprint density at radius 2 is 1.92 bits per heavy atom. The van der Waals surface area contributed by atoms with Gasteiger partial charge in [0.2, 0.25) is 0 Å². The number of nitrogens with zero attached hydrogens (tertiary/aromatic N) is 1. The summed E-state index contributed by atoms with van der Waals surface area (Å²) in [5.41, 5.74) is 3.33. The highest BCUT2D eigenvalue weighted by Gasteiger charge is 2.16. The monoisotopic (exact) mass is 405 g/mol. The summed E-state index contributed by atoms with van der Waals surface area (Å²) in [7, 11) is 0. The maximum absolute atomic E-state index is 10.6. The predicted molar refractivity (Wildman–Crippen MR) is 105 cm³/mol. The molecule has 4 heteroatoms. The number of aromatic nitrogens is 1. The molecule has 0 fully saturated rings. The molecule has 3 aromatic rings. The lowest BCUT2D eigenvalue weighted by atomic mass is 10.0. The van der Waals surface area contributed by atoms with Crippen LogP contribution in [0.25, 0.3) is 10.9 Å². The Kier molecular flexibility index (Phi) is 5.65. The van der Waals surface area contributed by atoms with E-state index in [0.717, 1.165) is 51.8 Å². The lowest BCUT2D eigenvalue weighted by Crippen LogP contribution is -1.99. The van der Waals surface area contributed by atoms with E-state index in [2.05, 4.69) is 45.8 Å². The molecule has 0 saturated carbocycles. The zero-order valence-electron chi connectivity index (χ0n) is 13.7. The molecule has 1 atom stereocenters. The summed E-state index contributed by atoms with van der Waals surface area (Å²) in [6.07, 6.45) is 4.58. The second-order valence-corrected chi connectivity index (χ2v) is 7.51. The Labute approximate surface area is 156 Å². The zero-order valence-corrected chi connectivity index (χ0v) is 16.0. The highest BCUT2D eigenvalue weighted by atomic mass is 79.9. The number of unbranched alkanes of at least 4 members (excludes halogenated alkanes) is 1. The van der Waals surface area contributed by atoms with Crippen LogP contribution < -0.4 is 0 Å². The summed E-state index contributed by atoms with van der Waals surface area (Å²) in [4.78, 5) is 0. The van der Waals surface area contributed by atoms with Gasteiger partial charge >= 0.3 is 0 Å². The number of fused-ring (bicyclic) bond motifs is 1. The van der Waals surface area contributed by atoms with Gasteiger partial charge in [0.15, 0.2) is 0 Å². The fourth-order valence-corrected chi connectivity index (χ4v) is 3.52. The largest absolute Gasteiger partial charge is 0.388 e. The Hall–Kier alpha value is -1.29. The standard InChI is InChI=1S/C20H21BrClNO/c1-2-3-4-20(24)18-13-23(12-14-5-8-16(22)9-6-14)19-10-7-15(21)11-17(18)19/h5-11,13,20,24H,2-4,12H2,1H3. The summed E-state index contributed by atoms with van der Waals surface area (Å²) in [6.45, 7) is 2.91. The smallest absolute Gasteiger partial charge is 0.0810 e. The van der Waals surface area contributed by atoms with E-state index in [1.165, 1.54) is 5.56 Å². The Bertz CT molecular complexity index is 826. The van der Waals surface area contributed by atoms with Gasteiger partial charge in [-0.3, -0.25) is 0 Å². The Morgan fingerprint density at radius 3 is 2.62 bits per heavy atom. The van der Waals surface area contributed by atoms with Crippen molar-refractivity contribution in [2.75, 3.05) is 0 Å². The highest BCUT2D eigenvalue weighted by Crippen LogP contribution is 2.32. The first kappa shape index (κ1) is 17.5. The quantitative estimate of drug-likeness (QED) is 0.508. The van der Waals surface area contributed by atoms with E-state index in [1.54, 1.807) is 0 Å². The number of hydrogen-bond acceptors (Lipinski definition) is 1. The van der Waals surface area contributed by atoms with Crippen LogP contribution in [0.3, 0.4) is 0 Å². The number of rotatable bonds is 6. The minimum atomic E-state index is -0.423. The van der Waals surface area contributed by atoms with Crippen molar-refractivity contribution in [3.63, 3.8) is 0 Å². The third-order valence-corrected chi connectivity index (χ3v) is 5.08. The van der Waals surface area contributed by atoms with Crippen LogP contribution in [0.4, 0.5) is 0 Å². The third-order valence-electron chi connectivity index (χ3n) is 4.33. The van der Waals surface area contributed by atoms with Gasteiger partial charge in [-0.1, -0.05) is 59.4 Å². The molecular formula is C20H21BrClNO. The molecule has 2 nitrogen and oxygen atoms in total. The molecule has 1 unspecified atom stereocenters. The van der Waals surface area contributed by atoms with Crippen LogP contribution in [-0.4, -0.2) is 9.67 Å². The Morgan fingerprint density at radius 1 is 1.17 bits per heavy atom. The molecule has 1 heterocycles. The van der Waals surface area contributed by atoms with E-state index in [1.807, 2.05) is 30.3 Å².